The molecule has 1 aliphatic heterocycles. The zero-order chi connectivity index (χ0) is 18.4. The van der Waals surface area contributed by atoms with Gasteiger partial charge >= 0.3 is 0 Å². The number of hydrogen-bond donors (Lipinski definition) is 1. The molecular weight excluding hydrogens is 350 g/mol. The molecule has 2 aromatic rings. The maximum atomic E-state index is 9.76. The minimum atomic E-state index is 0.153. The Hall–Kier alpha value is -2.24. The zero-order valence-electron chi connectivity index (χ0n) is 14.9. The molecule has 0 radical (unpaired) electrons. The van der Waals surface area contributed by atoms with Crippen molar-refractivity contribution < 1.29 is 9.84 Å². The quantitative estimate of drug-likeness (QED) is 0.786. The second kappa shape index (κ2) is 8.92. The molecule has 1 fully saturated rings. The molecule has 1 heterocycles. The van der Waals surface area contributed by atoms with Crippen molar-refractivity contribution >= 4 is 17.8 Å². The van der Waals surface area contributed by atoms with E-state index in [4.69, 9.17) is 16.3 Å². The highest BCUT2D eigenvalue weighted by Gasteiger charge is 2.15. The van der Waals surface area contributed by atoms with Crippen LogP contribution in [0.4, 0.5) is 0 Å². The van der Waals surface area contributed by atoms with E-state index >= 15 is 0 Å². The smallest absolute Gasteiger partial charge is 0.161 e. The molecule has 5 nitrogen and oxygen atoms in total. The summed E-state index contributed by atoms with van der Waals surface area (Å²) in [5.74, 6) is 0.643. The molecule has 6 heteroatoms. The molecule has 3 rings (SSSR count). The van der Waals surface area contributed by atoms with Crippen molar-refractivity contribution in [3.8, 4) is 11.5 Å². The van der Waals surface area contributed by atoms with E-state index in [1.807, 2.05) is 31.3 Å². The third kappa shape index (κ3) is 5.13. The Morgan fingerprint density at radius 3 is 2.54 bits per heavy atom. The number of rotatable bonds is 6. The van der Waals surface area contributed by atoms with Gasteiger partial charge in [-0.1, -0.05) is 23.7 Å². The molecular formula is C20H24ClN3O2. The Balaban J connectivity index is 1.51. The summed E-state index contributed by atoms with van der Waals surface area (Å²) in [6.07, 6.45) is 1.82. The Morgan fingerprint density at radius 2 is 1.85 bits per heavy atom. The summed E-state index contributed by atoms with van der Waals surface area (Å²) in [7, 11) is 0. The van der Waals surface area contributed by atoms with Crippen LogP contribution in [0, 0.1) is 0 Å². The van der Waals surface area contributed by atoms with Gasteiger partial charge in [-0.05, 0) is 48.4 Å². The summed E-state index contributed by atoms with van der Waals surface area (Å²) >= 11 is 5.94. The van der Waals surface area contributed by atoms with Crippen molar-refractivity contribution in [1.29, 1.82) is 0 Å². The lowest BCUT2D eigenvalue weighted by atomic mass is 10.2. The third-order valence-electron chi connectivity index (χ3n) is 4.32. The van der Waals surface area contributed by atoms with E-state index in [-0.39, 0.29) is 5.75 Å². The normalized spacial score (nSPS) is 15.5. The monoisotopic (exact) mass is 373 g/mol. The predicted octanol–water partition coefficient (Wildman–Crippen LogP) is 3.60. The van der Waals surface area contributed by atoms with Gasteiger partial charge in [-0.2, -0.15) is 5.10 Å². The van der Waals surface area contributed by atoms with Gasteiger partial charge in [0.05, 0.1) is 12.8 Å². The largest absolute Gasteiger partial charge is 0.504 e. The van der Waals surface area contributed by atoms with E-state index in [0.717, 1.165) is 43.3 Å². The van der Waals surface area contributed by atoms with Gasteiger partial charge in [0.2, 0.25) is 0 Å². The average molecular weight is 374 g/mol. The van der Waals surface area contributed by atoms with E-state index in [2.05, 4.69) is 27.1 Å². The lowest BCUT2D eigenvalue weighted by Gasteiger charge is -2.33. The number of phenols is 1. The first-order chi connectivity index (χ1) is 12.6. The fourth-order valence-electron chi connectivity index (χ4n) is 2.89. The van der Waals surface area contributed by atoms with Crippen LogP contribution in [0.5, 0.6) is 11.5 Å². The molecule has 26 heavy (non-hydrogen) atoms. The first-order valence-corrected chi connectivity index (χ1v) is 9.23. The van der Waals surface area contributed by atoms with Gasteiger partial charge in [0, 0.05) is 37.7 Å². The van der Waals surface area contributed by atoms with E-state index in [0.29, 0.717) is 12.4 Å². The van der Waals surface area contributed by atoms with Crippen molar-refractivity contribution in [3.63, 3.8) is 0 Å². The number of aromatic hydroxyl groups is 1. The number of benzene rings is 2. The zero-order valence-corrected chi connectivity index (χ0v) is 15.7. The topological polar surface area (TPSA) is 48.3 Å². The molecule has 0 aromatic heterocycles. The van der Waals surface area contributed by atoms with Crippen LogP contribution in [0.1, 0.15) is 18.1 Å². The first-order valence-electron chi connectivity index (χ1n) is 8.85. The molecule has 0 amide bonds. The summed E-state index contributed by atoms with van der Waals surface area (Å²) < 4.78 is 5.41. The SMILES string of the molecule is CCOc1cc(C=NN2CCN(Cc3ccc(Cl)cc3)CC2)ccc1O. The molecule has 0 saturated carbocycles. The van der Waals surface area contributed by atoms with Crippen LogP contribution in [0.15, 0.2) is 47.6 Å². The lowest BCUT2D eigenvalue weighted by molar-refractivity contribution is 0.131. The second-order valence-corrected chi connectivity index (χ2v) is 6.70. The molecule has 138 valence electrons. The van der Waals surface area contributed by atoms with Crippen LogP contribution in [0.25, 0.3) is 0 Å². The summed E-state index contributed by atoms with van der Waals surface area (Å²) in [6.45, 7) is 7.07. The average Bonchev–Trinajstić information content (AvgIpc) is 2.65. The number of hydrogen-bond acceptors (Lipinski definition) is 5. The summed E-state index contributed by atoms with van der Waals surface area (Å²) in [5.41, 5.74) is 2.19. The lowest BCUT2D eigenvalue weighted by Crippen LogP contribution is -2.43. The standard InChI is InChI=1S/C20H24ClN3O2/c1-2-26-20-13-17(5-8-19(20)25)14-22-24-11-9-23(10-12-24)15-16-3-6-18(21)7-4-16/h3-8,13-14,25H,2,9-12,15H2,1H3. The summed E-state index contributed by atoms with van der Waals surface area (Å²) in [6, 6.07) is 13.3. The molecule has 0 spiro atoms. The maximum absolute atomic E-state index is 9.76. The van der Waals surface area contributed by atoms with Gasteiger partial charge in [0.1, 0.15) is 0 Å². The molecule has 0 aliphatic carbocycles. The van der Waals surface area contributed by atoms with Crippen molar-refractivity contribution in [2.24, 2.45) is 5.10 Å². The number of piperazine rings is 1. The first kappa shape index (κ1) is 18.5. The fraction of sp³-hybridized carbons (Fsp3) is 0.350. The molecule has 0 atom stereocenters. The number of nitrogens with zero attached hydrogens (tertiary/aromatic N) is 3. The van der Waals surface area contributed by atoms with Crippen molar-refractivity contribution in [2.45, 2.75) is 13.5 Å². The summed E-state index contributed by atoms with van der Waals surface area (Å²) in [4.78, 5) is 2.42. The van der Waals surface area contributed by atoms with Gasteiger partial charge in [-0.3, -0.25) is 9.91 Å². The van der Waals surface area contributed by atoms with Crippen LogP contribution in [-0.2, 0) is 6.54 Å². The van der Waals surface area contributed by atoms with E-state index in [1.165, 1.54) is 5.56 Å². The number of ether oxygens (including phenoxy) is 1. The fourth-order valence-corrected chi connectivity index (χ4v) is 3.02. The van der Waals surface area contributed by atoms with Crippen LogP contribution >= 0.6 is 11.6 Å². The predicted molar refractivity (Wildman–Crippen MR) is 105 cm³/mol. The Labute approximate surface area is 159 Å². The molecule has 0 unspecified atom stereocenters. The van der Waals surface area contributed by atoms with Crippen LogP contribution in [0.3, 0.4) is 0 Å². The Morgan fingerprint density at radius 1 is 1.12 bits per heavy atom. The third-order valence-corrected chi connectivity index (χ3v) is 4.57. The molecule has 1 N–H and O–H groups in total. The molecule has 0 bridgehead atoms. The van der Waals surface area contributed by atoms with Gasteiger partial charge in [0.25, 0.3) is 0 Å². The van der Waals surface area contributed by atoms with E-state index < -0.39 is 0 Å². The second-order valence-electron chi connectivity index (χ2n) is 6.26. The van der Waals surface area contributed by atoms with Crippen LogP contribution in [0.2, 0.25) is 5.02 Å². The van der Waals surface area contributed by atoms with Crippen LogP contribution < -0.4 is 4.74 Å². The van der Waals surface area contributed by atoms with Crippen molar-refractivity contribution in [1.82, 2.24) is 9.91 Å². The Bertz CT molecular complexity index is 741. The highest BCUT2D eigenvalue weighted by Crippen LogP contribution is 2.26. The highest BCUT2D eigenvalue weighted by molar-refractivity contribution is 6.30. The molecule has 1 aliphatic rings. The molecule has 2 aromatic carbocycles. The van der Waals surface area contributed by atoms with Crippen LogP contribution in [-0.4, -0.2) is 54.0 Å². The van der Waals surface area contributed by atoms with Gasteiger partial charge in [-0.15, -0.1) is 0 Å². The molecule has 1 saturated heterocycles. The minimum absolute atomic E-state index is 0.153. The minimum Gasteiger partial charge on any atom is -0.504 e. The summed E-state index contributed by atoms with van der Waals surface area (Å²) in [5, 5.41) is 17.2. The number of phenolic OH excluding ortho intramolecular Hbond substituents is 1. The number of halogens is 1. The Kier molecular flexibility index (Phi) is 6.36. The highest BCUT2D eigenvalue weighted by atomic mass is 35.5. The van der Waals surface area contributed by atoms with Gasteiger partial charge < -0.3 is 9.84 Å². The van der Waals surface area contributed by atoms with Crippen molar-refractivity contribution in [3.05, 3.63) is 58.6 Å². The van der Waals surface area contributed by atoms with Gasteiger partial charge in [0.15, 0.2) is 11.5 Å². The van der Waals surface area contributed by atoms with Gasteiger partial charge in [-0.25, -0.2) is 0 Å². The number of hydrazone groups is 1. The van der Waals surface area contributed by atoms with E-state index in [9.17, 15) is 5.11 Å². The van der Waals surface area contributed by atoms with Crippen molar-refractivity contribution in [2.75, 3.05) is 32.8 Å². The van der Waals surface area contributed by atoms with E-state index in [1.54, 1.807) is 12.1 Å². The maximum Gasteiger partial charge on any atom is 0.161 e.